The fourth-order valence-electron chi connectivity index (χ4n) is 3.51. The van der Waals surface area contributed by atoms with E-state index in [1.54, 1.807) is 35.9 Å². The molecule has 0 aliphatic rings. The lowest BCUT2D eigenvalue weighted by Crippen LogP contribution is -2.16. The molecule has 2 aromatic carbocycles. The van der Waals surface area contributed by atoms with E-state index in [1.807, 2.05) is 51.1 Å². The van der Waals surface area contributed by atoms with Gasteiger partial charge in [0.05, 0.1) is 17.9 Å². The first kappa shape index (κ1) is 23.9. The number of Topliss-reactive ketones (excluding diaryl/α,β-unsaturated/α-hetero) is 1. The first-order valence-corrected chi connectivity index (χ1v) is 10.9. The normalized spacial score (nSPS) is 10.8. The third-order valence-electron chi connectivity index (χ3n) is 5.18. The lowest BCUT2D eigenvalue weighted by Gasteiger charge is -2.08. The second kappa shape index (κ2) is 10.7. The lowest BCUT2D eigenvalue weighted by molar-refractivity contribution is -0.116. The van der Waals surface area contributed by atoms with Crippen molar-refractivity contribution in [3.05, 3.63) is 82.7 Å². The predicted octanol–water partition coefficient (Wildman–Crippen LogP) is 4.57. The number of nitrogens with zero attached hydrogens (tertiary/aromatic N) is 2. The molecule has 0 atom stereocenters. The van der Waals surface area contributed by atoms with Crippen LogP contribution in [0.1, 0.15) is 57.9 Å². The van der Waals surface area contributed by atoms with Crippen molar-refractivity contribution in [1.29, 1.82) is 0 Å². The Morgan fingerprint density at radius 1 is 1.00 bits per heavy atom. The van der Waals surface area contributed by atoms with Crippen LogP contribution in [0.3, 0.4) is 0 Å². The molecule has 172 valence electrons. The summed E-state index contributed by atoms with van der Waals surface area (Å²) >= 11 is 0. The smallest absolute Gasteiger partial charge is 0.342 e. The van der Waals surface area contributed by atoms with Crippen LogP contribution >= 0.6 is 0 Å². The van der Waals surface area contributed by atoms with Gasteiger partial charge in [-0.25, -0.2) is 4.79 Å². The number of esters is 1. The van der Waals surface area contributed by atoms with Gasteiger partial charge in [0.15, 0.2) is 12.4 Å². The summed E-state index contributed by atoms with van der Waals surface area (Å²) in [6, 6.07) is 16.4. The van der Waals surface area contributed by atoms with Gasteiger partial charge in [-0.3, -0.25) is 14.3 Å². The molecule has 3 aromatic rings. The van der Waals surface area contributed by atoms with Crippen LogP contribution in [0.25, 0.3) is 0 Å². The quantitative estimate of drug-likeness (QED) is 0.383. The van der Waals surface area contributed by atoms with Crippen molar-refractivity contribution < 1.29 is 19.1 Å². The van der Waals surface area contributed by atoms with Gasteiger partial charge in [-0.2, -0.15) is 5.10 Å². The van der Waals surface area contributed by atoms with Crippen LogP contribution in [-0.4, -0.2) is 34.0 Å². The molecule has 0 saturated heterocycles. The maximum atomic E-state index is 12.7. The van der Waals surface area contributed by atoms with Crippen LogP contribution < -0.4 is 5.32 Å². The van der Waals surface area contributed by atoms with E-state index >= 15 is 0 Å². The molecule has 33 heavy (non-hydrogen) atoms. The number of aromatic nitrogens is 2. The Morgan fingerprint density at radius 3 is 2.30 bits per heavy atom. The predicted molar refractivity (Wildman–Crippen MR) is 126 cm³/mol. The van der Waals surface area contributed by atoms with Gasteiger partial charge in [0.1, 0.15) is 5.56 Å². The number of anilines is 1. The summed E-state index contributed by atoms with van der Waals surface area (Å²) in [7, 11) is 0. The lowest BCUT2D eigenvalue weighted by atomic mass is 10.1. The molecule has 1 heterocycles. The number of carbonyl (C=O) groups is 3. The topological polar surface area (TPSA) is 90.3 Å². The summed E-state index contributed by atoms with van der Waals surface area (Å²) in [6.45, 7) is 7.67. The highest BCUT2D eigenvalue weighted by Gasteiger charge is 2.21. The van der Waals surface area contributed by atoms with E-state index in [1.165, 1.54) is 0 Å². The van der Waals surface area contributed by atoms with Gasteiger partial charge in [-0.05, 0) is 49.6 Å². The van der Waals surface area contributed by atoms with Crippen molar-refractivity contribution in [3.8, 4) is 0 Å². The van der Waals surface area contributed by atoms with Gasteiger partial charge < -0.3 is 10.1 Å². The number of carbonyl (C=O) groups excluding carboxylic acids is 3. The van der Waals surface area contributed by atoms with E-state index in [0.29, 0.717) is 41.2 Å². The SMILES string of the molecule is Cc1nn(Cc2ccccc2)c(C)c1C(=O)OCC(=O)c1ccc(NC(=O)CC(C)C)cc1. The number of ether oxygens (including phenoxy) is 1. The average molecular weight is 448 g/mol. The Hall–Kier alpha value is -3.74. The highest BCUT2D eigenvalue weighted by molar-refractivity contribution is 6.00. The molecule has 0 unspecified atom stereocenters. The van der Waals surface area contributed by atoms with Crippen molar-refractivity contribution >= 4 is 23.3 Å². The molecule has 3 rings (SSSR count). The molecule has 7 nitrogen and oxygen atoms in total. The van der Waals surface area contributed by atoms with Gasteiger partial charge in [0.2, 0.25) is 5.91 Å². The summed E-state index contributed by atoms with van der Waals surface area (Å²) in [5, 5.41) is 7.26. The maximum Gasteiger partial charge on any atom is 0.342 e. The van der Waals surface area contributed by atoms with Crippen molar-refractivity contribution in [2.75, 3.05) is 11.9 Å². The van der Waals surface area contributed by atoms with Crippen molar-refractivity contribution in [2.45, 2.75) is 40.7 Å². The first-order chi connectivity index (χ1) is 15.7. The summed E-state index contributed by atoms with van der Waals surface area (Å²) in [6.07, 6.45) is 0.428. The number of aryl methyl sites for hydroxylation is 1. The zero-order valence-corrected chi connectivity index (χ0v) is 19.4. The Morgan fingerprint density at radius 2 is 1.67 bits per heavy atom. The number of amides is 1. The molecule has 0 spiro atoms. The minimum absolute atomic E-state index is 0.0726. The second-order valence-electron chi connectivity index (χ2n) is 8.41. The number of rotatable bonds is 9. The van der Waals surface area contributed by atoms with Crippen LogP contribution in [0.15, 0.2) is 54.6 Å². The van der Waals surface area contributed by atoms with Gasteiger partial charge >= 0.3 is 5.97 Å². The molecule has 0 aliphatic heterocycles. The molecular weight excluding hydrogens is 418 g/mol. The minimum Gasteiger partial charge on any atom is -0.454 e. The molecular formula is C26H29N3O4. The van der Waals surface area contributed by atoms with Gasteiger partial charge in [-0.1, -0.05) is 44.2 Å². The number of benzene rings is 2. The van der Waals surface area contributed by atoms with Gasteiger partial charge in [-0.15, -0.1) is 0 Å². The Bertz CT molecular complexity index is 1130. The van der Waals surface area contributed by atoms with Crippen molar-refractivity contribution in [3.63, 3.8) is 0 Å². The molecule has 0 saturated carbocycles. The second-order valence-corrected chi connectivity index (χ2v) is 8.41. The number of nitrogens with one attached hydrogen (secondary N) is 1. The summed E-state index contributed by atoms with van der Waals surface area (Å²) in [5.74, 6) is -0.708. The van der Waals surface area contributed by atoms with Gasteiger partial charge in [0.25, 0.3) is 0 Å². The Labute approximate surface area is 193 Å². The van der Waals surface area contributed by atoms with Crippen LogP contribution in [0.5, 0.6) is 0 Å². The van der Waals surface area contributed by atoms with E-state index < -0.39 is 5.97 Å². The van der Waals surface area contributed by atoms with Crippen molar-refractivity contribution in [2.24, 2.45) is 5.92 Å². The summed E-state index contributed by atoms with van der Waals surface area (Å²) in [4.78, 5) is 37.0. The fraction of sp³-hybridized carbons (Fsp3) is 0.308. The number of ketones is 1. The van der Waals surface area contributed by atoms with Gasteiger partial charge in [0, 0.05) is 17.7 Å². The standard InChI is InChI=1S/C26H29N3O4/c1-17(2)14-24(31)27-22-12-10-21(11-13-22)23(30)16-33-26(32)25-18(3)28-29(19(25)4)15-20-8-6-5-7-9-20/h5-13,17H,14-16H2,1-4H3,(H,27,31). The molecule has 0 aliphatic carbocycles. The largest absolute Gasteiger partial charge is 0.454 e. The molecule has 1 N–H and O–H groups in total. The minimum atomic E-state index is -0.574. The molecule has 1 amide bonds. The molecule has 1 aromatic heterocycles. The van der Waals surface area contributed by atoms with Crippen LogP contribution in [0.4, 0.5) is 5.69 Å². The molecule has 0 bridgehead atoms. The highest BCUT2D eigenvalue weighted by atomic mass is 16.5. The zero-order valence-electron chi connectivity index (χ0n) is 19.4. The monoisotopic (exact) mass is 447 g/mol. The third kappa shape index (κ3) is 6.38. The van der Waals surface area contributed by atoms with E-state index in [-0.39, 0.29) is 24.2 Å². The molecule has 0 radical (unpaired) electrons. The summed E-state index contributed by atoms with van der Waals surface area (Å²) < 4.78 is 7.06. The third-order valence-corrected chi connectivity index (χ3v) is 5.18. The fourth-order valence-corrected chi connectivity index (χ4v) is 3.51. The summed E-state index contributed by atoms with van der Waals surface area (Å²) in [5.41, 5.74) is 3.71. The van der Waals surface area contributed by atoms with E-state index in [9.17, 15) is 14.4 Å². The highest BCUT2D eigenvalue weighted by Crippen LogP contribution is 2.17. The van der Waals surface area contributed by atoms with Crippen LogP contribution in [0.2, 0.25) is 0 Å². The molecule has 0 fully saturated rings. The number of hydrogen-bond donors (Lipinski definition) is 1. The Balaban J connectivity index is 1.59. The average Bonchev–Trinajstić information content (AvgIpc) is 3.05. The van der Waals surface area contributed by atoms with E-state index in [4.69, 9.17) is 4.74 Å². The van der Waals surface area contributed by atoms with Crippen LogP contribution in [0, 0.1) is 19.8 Å². The van der Waals surface area contributed by atoms with Crippen LogP contribution in [-0.2, 0) is 16.1 Å². The Kier molecular flexibility index (Phi) is 7.77. The van der Waals surface area contributed by atoms with E-state index in [2.05, 4.69) is 10.4 Å². The first-order valence-electron chi connectivity index (χ1n) is 10.9. The van der Waals surface area contributed by atoms with Crippen molar-refractivity contribution in [1.82, 2.24) is 9.78 Å². The maximum absolute atomic E-state index is 12.7. The zero-order chi connectivity index (χ0) is 24.0. The number of hydrogen-bond acceptors (Lipinski definition) is 5. The van der Waals surface area contributed by atoms with E-state index in [0.717, 1.165) is 5.56 Å². The molecule has 7 heteroatoms.